The van der Waals surface area contributed by atoms with Crippen molar-refractivity contribution in [2.24, 2.45) is 0 Å². The number of nitrogens with zero attached hydrogens (tertiary/aromatic N) is 4. The summed E-state index contributed by atoms with van der Waals surface area (Å²) in [4.78, 5) is 8.35. The molecule has 0 amide bonds. The molecule has 0 atom stereocenters. The van der Waals surface area contributed by atoms with Gasteiger partial charge in [-0.15, -0.1) is 0 Å². The number of anilines is 2. The van der Waals surface area contributed by atoms with E-state index in [9.17, 15) is 0 Å². The van der Waals surface area contributed by atoms with Crippen molar-refractivity contribution >= 4 is 17.1 Å². The summed E-state index contributed by atoms with van der Waals surface area (Å²) < 4.78 is 0. The lowest BCUT2D eigenvalue weighted by molar-refractivity contribution is 0.900. The van der Waals surface area contributed by atoms with Crippen molar-refractivity contribution in [3.63, 3.8) is 0 Å². The van der Waals surface area contributed by atoms with Gasteiger partial charge in [0.1, 0.15) is 6.33 Å². The van der Waals surface area contributed by atoms with Crippen LogP contribution in [-0.4, -0.2) is 35.9 Å². The van der Waals surface area contributed by atoms with E-state index in [1.807, 2.05) is 20.3 Å². The molecule has 0 fully saturated rings. The van der Waals surface area contributed by atoms with Crippen molar-refractivity contribution in [3.05, 3.63) is 42.6 Å². The summed E-state index contributed by atoms with van der Waals surface area (Å²) in [5.41, 5.74) is 3.29. The van der Waals surface area contributed by atoms with Crippen molar-refractivity contribution in [2.45, 2.75) is 0 Å². The molecule has 1 aromatic carbocycles. The lowest BCUT2D eigenvalue weighted by Crippen LogP contribution is -2.20. The van der Waals surface area contributed by atoms with Crippen LogP contribution in [0, 0.1) is 0 Å². The summed E-state index contributed by atoms with van der Waals surface area (Å²) in [5.74, 6) is 0.757. The standard InChI is InChI=1S/C13H16N6/c1-18(2)10-3-5-11(6-4-10)19-7-12(15-9-19)13-14-8-16-17-13/h3-8,15H,9H2,1-2H3,(H,14,16,17). The first kappa shape index (κ1) is 11.6. The van der Waals surface area contributed by atoms with Gasteiger partial charge in [-0.3, -0.25) is 5.10 Å². The maximum atomic E-state index is 4.13. The molecular formula is C13H16N6. The van der Waals surface area contributed by atoms with E-state index >= 15 is 0 Å². The normalized spacial score (nSPS) is 14.2. The number of hydrogen-bond acceptors (Lipinski definition) is 5. The van der Waals surface area contributed by atoms with Crippen LogP contribution in [0.2, 0.25) is 0 Å². The second-order valence-electron chi connectivity index (χ2n) is 4.59. The average Bonchev–Trinajstić information content (AvgIpc) is 3.10. The highest BCUT2D eigenvalue weighted by Crippen LogP contribution is 2.23. The highest BCUT2D eigenvalue weighted by molar-refractivity contribution is 5.68. The summed E-state index contributed by atoms with van der Waals surface area (Å²) in [6.45, 7) is 0.733. The number of benzene rings is 1. The maximum absolute atomic E-state index is 4.13. The smallest absolute Gasteiger partial charge is 0.173 e. The van der Waals surface area contributed by atoms with E-state index in [2.05, 4.69) is 54.6 Å². The summed E-state index contributed by atoms with van der Waals surface area (Å²) in [6, 6.07) is 8.43. The molecule has 0 aliphatic carbocycles. The van der Waals surface area contributed by atoms with Crippen molar-refractivity contribution < 1.29 is 0 Å². The SMILES string of the molecule is CN(C)c1ccc(N2C=C(c3ncn[nH]3)NC2)cc1. The number of H-pyrrole nitrogens is 1. The van der Waals surface area contributed by atoms with Gasteiger partial charge in [0, 0.05) is 31.7 Å². The Morgan fingerprint density at radius 3 is 2.63 bits per heavy atom. The number of nitrogens with one attached hydrogen (secondary N) is 2. The van der Waals surface area contributed by atoms with Crippen molar-refractivity contribution in [1.82, 2.24) is 20.5 Å². The number of hydrogen-bond donors (Lipinski definition) is 2. The molecule has 0 bridgehead atoms. The van der Waals surface area contributed by atoms with Crippen LogP contribution in [0.15, 0.2) is 36.8 Å². The molecule has 98 valence electrons. The molecule has 19 heavy (non-hydrogen) atoms. The van der Waals surface area contributed by atoms with Crippen LogP contribution >= 0.6 is 0 Å². The Morgan fingerprint density at radius 2 is 2.00 bits per heavy atom. The maximum Gasteiger partial charge on any atom is 0.173 e. The van der Waals surface area contributed by atoms with Crippen LogP contribution in [-0.2, 0) is 0 Å². The summed E-state index contributed by atoms with van der Waals surface area (Å²) in [7, 11) is 4.07. The molecule has 0 radical (unpaired) electrons. The van der Waals surface area contributed by atoms with E-state index in [0.717, 1.165) is 23.9 Å². The van der Waals surface area contributed by atoms with Crippen molar-refractivity contribution in [1.29, 1.82) is 0 Å². The number of aromatic nitrogens is 3. The highest BCUT2D eigenvalue weighted by Gasteiger charge is 2.16. The van der Waals surface area contributed by atoms with Gasteiger partial charge < -0.3 is 15.1 Å². The zero-order valence-electron chi connectivity index (χ0n) is 11.0. The first-order valence-electron chi connectivity index (χ1n) is 6.09. The number of rotatable bonds is 3. The van der Waals surface area contributed by atoms with Crippen LogP contribution in [0.3, 0.4) is 0 Å². The van der Waals surface area contributed by atoms with Gasteiger partial charge in [-0.05, 0) is 24.3 Å². The topological polar surface area (TPSA) is 60.1 Å². The van der Waals surface area contributed by atoms with Gasteiger partial charge in [0.2, 0.25) is 0 Å². The molecule has 0 saturated heterocycles. The Hall–Kier alpha value is -2.50. The largest absolute Gasteiger partial charge is 0.378 e. The minimum absolute atomic E-state index is 0.733. The molecule has 1 aliphatic rings. The number of aromatic amines is 1. The predicted octanol–water partition coefficient (Wildman–Crippen LogP) is 1.24. The van der Waals surface area contributed by atoms with E-state index in [1.54, 1.807) is 0 Å². The van der Waals surface area contributed by atoms with E-state index in [-0.39, 0.29) is 0 Å². The monoisotopic (exact) mass is 256 g/mol. The van der Waals surface area contributed by atoms with Gasteiger partial charge in [-0.25, -0.2) is 4.98 Å². The molecule has 0 spiro atoms. The van der Waals surface area contributed by atoms with Gasteiger partial charge in [-0.1, -0.05) is 0 Å². The second kappa shape index (κ2) is 4.64. The lowest BCUT2D eigenvalue weighted by Gasteiger charge is -2.17. The van der Waals surface area contributed by atoms with Crippen molar-refractivity contribution in [3.8, 4) is 0 Å². The Bertz CT molecular complexity index is 570. The third-order valence-electron chi connectivity index (χ3n) is 3.09. The van der Waals surface area contributed by atoms with Gasteiger partial charge in [-0.2, -0.15) is 5.10 Å². The van der Waals surface area contributed by atoms with E-state index in [0.29, 0.717) is 0 Å². The molecular weight excluding hydrogens is 240 g/mol. The minimum atomic E-state index is 0.733. The van der Waals surface area contributed by atoms with Crippen LogP contribution in [0.1, 0.15) is 5.82 Å². The van der Waals surface area contributed by atoms with Gasteiger partial charge >= 0.3 is 0 Å². The fourth-order valence-corrected chi connectivity index (χ4v) is 2.01. The third kappa shape index (κ3) is 2.24. The van der Waals surface area contributed by atoms with Gasteiger partial charge in [0.05, 0.1) is 12.4 Å². The van der Waals surface area contributed by atoms with Crippen LogP contribution in [0.25, 0.3) is 5.70 Å². The summed E-state index contributed by atoms with van der Waals surface area (Å²) in [5, 5.41) is 9.99. The van der Waals surface area contributed by atoms with E-state index in [4.69, 9.17) is 0 Å². The van der Waals surface area contributed by atoms with Crippen LogP contribution in [0.5, 0.6) is 0 Å². The molecule has 2 aromatic rings. The first-order valence-corrected chi connectivity index (χ1v) is 6.09. The quantitative estimate of drug-likeness (QED) is 0.865. The summed E-state index contributed by atoms with van der Waals surface area (Å²) >= 11 is 0. The second-order valence-corrected chi connectivity index (χ2v) is 4.59. The Balaban J connectivity index is 1.80. The van der Waals surface area contributed by atoms with E-state index in [1.165, 1.54) is 12.0 Å². The Labute approximate surface area is 111 Å². The highest BCUT2D eigenvalue weighted by atomic mass is 15.3. The van der Waals surface area contributed by atoms with Gasteiger partial charge in [0.25, 0.3) is 0 Å². The molecule has 2 heterocycles. The van der Waals surface area contributed by atoms with Gasteiger partial charge in [0.15, 0.2) is 5.82 Å². The van der Waals surface area contributed by atoms with Crippen molar-refractivity contribution in [2.75, 3.05) is 30.6 Å². The Morgan fingerprint density at radius 1 is 1.21 bits per heavy atom. The summed E-state index contributed by atoms with van der Waals surface area (Å²) in [6.07, 6.45) is 3.54. The predicted molar refractivity (Wildman–Crippen MR) is 75.6 cm³/mol. The molecule has 6 heteroatoms. The molecule has 1 aliphatic heterocycles. The average molecular weight is 256 g/mol. The zero-order valence-corrected chi connectivity index (χ0v) is 11.0. The molecule has 1 aromatic heterocycles. The molecule has 6 nitrogen and oxygen atoms in total. The fourth-order valence-electron chi connectivity index (χ4n) is 2.01. The first-order chi connectivity index (χ1) is 9.24. The van der Waals surface area contributed by atoms with Crippen LogP contribution < -0.4 is 15.1 Å². The lowest BCUT2D eigenvalue weighted by atomic mass is 10.2. The minimum Gasteiger partial charge on any atom is -0.378 e. The molecule has 0 saturated carbocycles. The fraction of sp³-hybridized carbons (Fsp3) is 0.231. The Kier molecular flexibility index (Phi) is 2.83. The zero-order chi connectivity index (χ0) is 13.2. The van der Waals surface area contributed by atoms with E-state index < -0.39 is 0 Å². The molecule has 0 unspecified atom stereocenters. The van der Waals surface area contributed by atoms with Crippen LogP contribution in [0.4, 0.5) is 11.4 Å². The third-order valence-corrected chi connectivity index (χ3v) is 3.09. The molecule has 3 rings (SSSR count). The molecule has 2 N–H and O–H groups in total.